The van der Waals surface area contributed by atoms with Crippen molar-refractivity contribution in [3.8, 4) is 5.75 Å². The fourth-order valence-electron chi connectivity index (χ4n) is 3.57. The maximum Gasteiger partial charge on any atom is 0.178 e. The highest BCUT2D eigenvalue weighted by Crippen LogP contribution is 2.43. The van der Waals surface area contributed by atoms with Crippen LogP contribution in [0, 0.1) is 0 Å². The van der Waals surface area contributed by atoms with Crippen LogP contribution in [0.5, 0.6) is 5.75 Å². The summed E-state index contributed by atoms with van der Waals surface area (Å²) in [5.41, 5.74) is 3.47. The molecule has 1 aromatic heterocycles. The molecule has 0 fully saturated rings. The highest BCUT2D eigenvalue weighted by Gasteiger charge is 2.37. The van der Waals surface area contributed by atoms with E-state index in [1.165, 1.54) is 0 Å². The van der Waals surface area contributed by atoms with Gasteiger partial charge in [0, 0.05) is 28.3 Å². The van der Waals surface area contributed by atoms with Crippen molar-refractivity contribution in [2.24, 2.45) is 0 Å². The molecular formula is C23H16N2O. The van der Waals surface area contributed by atoms with Crippen LogP contribution in [0.3, 0.4) is 0 Å². The summed E-state index contributed by atoms with van der Waals surface area (Å²) in [4.78, 5) is 8.51. The molecule has 3 nitrogen and oxygen atoms in total. The van der Waals surface area contributed by atoms with E-state index in [-0.39, 0.29) is 0 Å². The Labute approximate surface area is 151 Å². The van der Waals surface area contributed by atoms with Crippen LogP contribution in [-0.4, -0.2) is 9.97 Å². The number of nitrogens with zero attached hydrogens (tertiary/aromatic N) is 2. The van der Waals surface area contributed by atoms with Gasteiger partial charge in [-0.05, 0) is 24.3 Å². The molecule has 0 saturated heterocycles. The fourth-order valence-corrected chi connectivity index (χ4v) is 3.57. The Morgan fingerprint density at radius 2 is 1.46 bits per heavy atom. The molecule has 0 atom stereocenters. The Balaban J connectivity index is 1.75. The first-order chi connectivity index (χ1) is 12.9. The van der Waals surface area contributed by atoms with Crippen molar-refractivity contribution in [2.75, 3.05) is 0 Å². The van der Waals surface area contributed by atoms with Gasteiger partial charge in [-0.3, -0.25) is 0 Å². The van der Waals surface area contributed by atoms with Gasteiger partial charge in [0.2, 0.25) is 0 Å². The summed E-state index contributed by atoms with van der Waals surface area (Å²) in [6.07, 6.45) is 7.67. The molecule has 1 aliphatic heterocycles. The summed E-state index contributed by atoms with van der Waals surface area (Å²) in [7, 11) is 0. The molecule has 3 heteroatoms. The first-order valence-corrected chi connectivity index (χ1v) is 8.59. The SMILES string of the molecule is C1=CC(c2ccccc2)(c2ccccc2)Oc2ccc3ncncc3c21. The number of hydrogen-bond donors (Lipinski definition) is 0. The lowest BCUT2D eigenvalue weighted by Crippen LogP contribution is -2.34. The van der Waals surface area contributed by atoms with Gasteiger partial charge < -0.3 is 4.74 Å². The third-order valence-corrected chi connectivity index (χ3v) is 4.85. The maximum atomic E-state index is 6.66. The van der Waals surface area contributed by atoms with Crippen molar-refractivity contribution in [1.29, 1.82) is 0 Å². The predicted molar refractivity (Wildman–Crippen MR) is 103 cm³/mol. The Hall–Kier alpha value is -3.46. The molecule has 26 heavy (non-hydrogen) atoms. The lowest BCUT2D eigenvalue weighted by atomic mass is 9.83. The van der Waals surface area contributed by atoms with Gasteiger partial charge in [0.25, 0.3) is 0 Å². The molecule has 0 amide bonds. The smallest absolute Gasteiger partial charge is 0.178 e. The minimum absolute atomic E-state index is 0.654. The maximum absolute atomic E-state index is 6.66. The van der Waals surface area contributed by atoms with E-state index < -0.39 is 5.60 Å². The highest BCUT2D eigenvalue weighted by atomic mass is 16.5. The van der Waals surface area contributed by atoms with E-state index in [9.17, 15) is 0 Å². The van der Waals surface area contributed by atoms with Crippen molar-refractivity contribution in [3.63, 3.8) is 0 Å². The molecule has 3 aromatic carbocycles. The van der Waals surface area contributed by atoms with Gasteiger partial charge in [0.1, 0.15) is 12.1 Å². The highest BCUT2D eigenvalue weighted by molar-refractivity contribution is 5.91. The van der Waals surface area contributed by atoms with Crippen LogP contribution in [0.15, 0.2) is 91.4 Å². The Morgan fingerprint density at radius 1 is 0.769 bits per heavy atom. The van der Waals surface area contributed by atoms with Gasteiger partial charge in [-0.1, -0.05) is 60.7 Å². The summed E-state index contributed by atoms with van der Waals surface area (Å²) >= 11 is 0. The zero-order valence-electron chi connectivity index (χ0n) is 14.0. The zero-order valence-corrected chi connectivity index (χ0v) is 14.0. The van der Waals surface area contributed by atoms with Gasteiger partial charge in [0.05, 0.1) is 5.52 Å². The fraction of sp³-hybridized carbons (Fsp3) is 0.0435. The molecule has 0 spiro atoms. The van der Waals surface area contributed by atoms with E-state index in [0.29, 0.717) is 0 Å². The van der Waals surface area contributed by atoms with Crippen molar-refractivity contribution in [3.05, 3.63) is 108 Å². The molecule has 0 aliphatic carbocycles. The summed E-state index contributed by atoms with van der Waals surface area (Å²) < 4.78 is 6.66. The Kier molecular flexibility index (Phi) is 3.32. The number of fused-ring (bicyclic) bond motifs is 3. The molecule has 2 heterocycles. The van der Waals surface area contributed by atoms with Crippen molar-refractivity contribution in [2.45, 2.75) is 5.60 Å². The molecule has 0 N–H and O–H groups in total. The molecule has 1 aliphatic rings. The predicted octanol–water partition coefficient (Wildman–Crippen LogP) is 4.98. The first-order valence-electron chi connectivity index (χ1n) is 8.59. The van der Waals surface area contributed by atoms with Crippen LogP contribution >= 0.6 is 0 Å². The van der Waals surface area contributed by atoms with Gasteiger partial charge in [0.15, 0.2) is 5.60 Å². The van der Waals surface area contributed by atoms with E-state index in [1.807, 2.05) is 54.7 Å². The van der Waals surface area contributed by atoms with Crippen molar-refractivity contribution in [1.82, 2.24) is 9.97 Å². The summed E-state index contributed by atoms with van der Waals surface area (Å²) in [5.74, 6) is 0.836. The van der Waals surface area contributed by atoms with Gasteiger partial charge >= 0.3 is 0 Å². The Morgan fingerprint density at radius 3 is 2.15 bits per heavy atom. The lowest BCUT2D eigenvalue weighted by Gasteiger charge is -2.36. The second-order valence-electron chi connectivity index (χ2n) is 6.34. The topological polar surface area (TPSA) is 35.0 Å². The molecule has 5 rings (SSSR count). The zero-order chi connectivity index (χ0) is 17.4. The van der Waals surface area contributed by atoms with Gasteiger partial charge in [-0.2, -0.15) is 0 Å². The van der Waals surface area contributed by atoms with Gasteiger partial charge in [-0.25, -0.2) is 9.97 Å². The van der Waals surface area contributed by atoms with Crippen LogP contribution in [0.4, 0.5) is 0 Å². The minimum atomic E-state index is -0.654. The quantitative estimate of drug-likeness (QED) is 0.518. The molecule has 4 aromatic rings. The van der Waals surface area contributed by atoms with Gasteiger partial charge in [-0.15, -0.1) is 0 Å². The molecule has 0 unspecified atom stereocenters. The lowest BCUT2D eigenvalue weighted by molar-refractivity contribution is 0.161. The molecule has 0 saturated carbocycles. The first kappa shape index (κ1) is 14.8. The third-order valence-electron chi connectivity index (χ3n) is 4.85. The second kappa shape index (κ2) is 5.81. The normalized spacial score (nSPS) is 14.6. The van der Waals surface area contributed by atoms with Crippen LogP contribution < -0.4 is 4.74 Å². The summed E-state index contributed by atoms with van der Waals surface area (Å²) in [5, 5.41) is 0.996. The molecular weight excluding hydrogens is 320 g/mol. The second-order valence-corrected chi connectivity index (χ2v) is 6.34. The number of aromatic nitrogens is 2. The largest absolute Gasteiger partial charge is 0.473 e. The van der Waals surface area contributed by atoms with Crippen LogP contribution in [-0.2, 0) is 5.60 Å². The van der Waals surface area contributed by atoms with Crippen LogP contribution in [0.2, 0.25) is 0 Å². The number of ether oxygens (including phenoxy) is 1. The molecule has 0 bridgehead atoms. The number of hydrogen-bond acceptors (Lipinski definition) is 3. The van der Waals surface area contributed by atoms with Crippen molar-refractivity contribution < 1.29 is 4.74 Å². The van der Waals surface area contributed by atoms with E-state index in [1.54, 1.807) is 6.33 Å². The minimum Gasteiger partial charge on any atom is -0.473 e. The summed E-state index contributed by atoms with van der Waals surface area (Å²) in [6, 6.07) is 24.6. The molecule has 124 valence electrons. The van der Waals surface area contributed by atoms with Crippen molar-refractivity contribution >= 4 is 17.0 Å². The average Bonchev–Trinajstić information content (AvgIpc) is 2.74. The van der Waals surface area contributed by atoms with E-state index in [4.69, 9.17) is 4.74 Å². The summed E-state index contributed by atoms with van der Waals surface area (Å²) in [6.45, 7) is 0. The van der Waals surface area contributed by atoms with Crippen LogP contribution in [0.1, 0.15) is 16.7 Å². The van der Waals surface area contributed by atoms with Crippen LogP contribution in [0.25, 0.3) is 17.0 Å². The number of rotatable bonds is 2. The van der Waals surface area contributed by atoms with E-state index in [0.717, 1.165) is 33.3 Å². The standard InChI is InChI=1S/C23H16N2O/c1-3-7-17(8-4-1)23(18-9-5-2-6-10-18)14-13-19-20-15-24-16-25-21(20)11-12-22(19)26-23/h1-16H. The Bertz CT molecular complexity index is 1070. The number of benzene rings is 3. The third kappa shape index (κ3) is 2.21. The monoisotopic (exact) mass is 336 g/mol. The average molecular weight is 336 g/mol. The molecule has 0 radical (unpaired) electrons. The van der Waals surface area contributed by atoms with E-state index in [2.05, 4.69) is 46.4 Å². The van der Waals surface area contributed by atoms with E-state index >= 15 is 0 Å².